The second-order valence-corrected chi connectivity index (χ2v) is 5.65. The molecule has 116 valence electrons. The molecule has 0 aliphatic heterocycles. The lowest BCUT2D eigenvalue weighted by molar-refractivity contribution is -0.133. The molecular formula is C14H16N4O3S. The second-order valence-electron chi connectivity index (χ2n) is 4.54. The van der Waals surface area contributed by atoms with E-state index in [1.165, 1.54) is 18.1 Å². The van der Waals surface area contributed by atoms with Crippen LogP contribution in [0.2, 0.25) is 0 Å². The fourth-order valence-electron chi connectivity index (χ4n) is 1.88. The Labute approximate surface area is 131 Å². The van der Waals surface area contributed by atoms with Crippen molar-refractivity contribution in [2.24, 2.45) is 0 Å². The van der Waals surface area contributed by atoms with Gasteiger partial charge >= 0.3 is 5.97 Å². The van der Waals surface area contributed by atoms with Crippen LogP contribution in [0.15, 0.2) is 30.9 Å². The summed E-state index contributed by atoms with van der Waals surface area (Å²) in [5.41, 5.74) is 2.34. The number of rotatable bonds is 7. The summed E-state index contributed by atoms with van der Waals surface area (Å²) < 4.78 is 1.64. The lowest BCUT2D eigenvalue weighted by atomic mass is 10.1. The van der Waals surface area contributed by atoms with E-state index in [1.54, 1.807) is 23.1 Å². The van der Waals surface area contributed by atoms with Gasteiger partial charge < -0.3 is 10.4 Å². The molecular weight excluding hydrogens is 304 g/mol. The van der Waals surface area contributed by atoms with Crippen molar-refractivity contribution in [2.45, 2.75) is 6.92 Å². The Kier molecular flexibility index (Phi) is 5.54. The minimum atomic E-state index is -0.851. The molecule has 2 N–H and O–H groups in total. The van der Waals surface area contributed by atoms with Crippen molar-refractivity contribution in [3.05, 3.63) is 42.0 Å². The summed E-state index contributed by atoms with van der Waals surface area (Å²) >= 11 is 1.27. The zero-order chi connectivity index (χ0) is 15.9. The van der Waals surface area contributed by atoms with Gasteiger partial charge in [-0.2, -0.15) is 5.10 Å². The molecule has 1 heterocycles. The predicted molar refractivity (Wildman–Crippen MR) is 83.4 cm³/mol. The number of aromatic nitrogens is 3. The molecule has 0 atom stereocenters. The third-order valence-electron chi connectivity index (χ3n) is 2.88. The van der Waals surface area contributed by atoms with Gasteiger partial charge in [0.25, 0.3) is 5.91 Å². The van der Waals surface area contributed by atoms with Gasteiger partial charge in [0, 0.05) is 17.9 Å². The van der Waals surface area contributed by atoms with E-state index in [4.69, 9.17) is 5.11 Å². The normalized spacial score (nSPS) is 10.4. The first-order valence-corrected chi connectivity index (χ1v) is 7.77. The quantitative estimate of drug-likeness (QED) is 0.742. The molecule has 1 amide bonds. The Hall–Kier alpha value is -2.35. The molecule has 0 bridgehead atoms. The van der Waals surface area contributed by atoms with Crippen molar-refractivity contribution < 1.29 is 14.7 Å². The van der Waals surface area contributed by atoms with Crippen LogP contribution in [0.5, 0.6) is 0 Å². The summed E-state index contributed by atoms with van der Waals surface area (Å²) in [4.78, 5) is 26.3. The van der Waals surface area contributed by atoms with Crippen LogP contribution in [0.3, 0.4) is 0 Å². The van der Waals surface area contributed by atoms with E-state index in [0.29, 0.717) is 17.9 Å². The van der Waals surface area contributed by atoms with E-state index in [1.807, 2.05) is 13.0 Å². The van der Waals surface area contributed by atoms with Gasteiger partial charge in [0.15, 0.2) is 0 Å². The highest BCUT2D eigenvalue weighted by atomic mass is 32.2. The number of nitrogens with one attached hydrogen (secondary N) is 1. The molecule has 0 fully saturated rings. The third-order valence-corrected chi connectivity index (χ3v) is 3.83. The van der Waals surface area contributed by atoms with Crippen LogP contribution in [0.4, 0.5) is 0 Å². The second kappa shape index (κ2) is 7.60. The molecule has 0 saturated carbocycles. The van der Waals surface area contributed by atoms with Gasteiger partial charge in [0.2, 0.25) is 0 Å². The molecule has 8 heteroatoms. The zero-order valence-electron chi connectivity index (χ0n) is 12.0. The van der Waals surface area contributed by atoms with Crippen molar-refractivity contribution in [2.75, 3.05) is 18.1 Å². The Morgan fingerprint density at radius 3 is 2.86 bits per heavy atom. The Morgan fingerprint density at radius 1 is 1.41 bits per heavy atom. The highest BCUT2D eigenvalue weighted by Crippen LogP contribution is 2.14. The number of hydrogen-bond donors (Lipinski definition) is 2. The van der Waals surface area contributed by atoms with E-state index >= 15 is 0 Å². The van der Waals surface area contributed by atoms with Gasteiger partial charge in [-0.1, -0.05) is 0 Å². The summed E-state index contributed by atoms with van der Waals surface area (Å²) in [5, 5.41) is 15.3. The minimum absolute atomic E-state index is 0.0432. The predicted octanol–water partition coefficient (Wildman–Crippen LogP) is 1.12. The molecule has 7 nitrogen and oxygen atoms in total. The Balaban J connectivity index is 1.91. The van der Waals surface area contributed by atoms with Gasteiger partial charge in [-0.05, 0) is 30.7 Å². The Bertz CT molecular complexity index is 658. The fourth-order valence-corrected chi connectivity index (χ4v) is 2.45. The molecule has 0 aliphatic rings. The van der Waals surface area contributed by atoms with Crippen LogP contribution in [0.25, 0.3) is 5.69 Å². The molecule has 1 aromatic heterocycles. The molecule has 0 unspecified atom stereocenters. The summed E-state index contributed by atoms with van der Waals surface area (Å²) in [5.74, 6) is -0.421. The number of carboxylic acids is 1. The summed E-state index contributed by atoms with van der Waals surface area (Å²) in [6.07, 6.45) is 3.05. The van der Waals surface area contributed by atoms with E-state index < -0.39 is 5.97 Å². The van der Waals surface area contributed by atoms with Gasteiger partial charge in [-0.15, -0.1) is 11.8 Å². The van der Waals surface area contributed by atoms with Gasteiger partial charge in [0.1, 0.15) is 12.7 Å². The summed E-state index contributed by atoms with van der Waals surface area (Å²) in [6.45, 7) is 2.33. The van der Waals surface area contributed by atoms with Crippen molar-refractivity contribution in [3.8, 4) is 5.69 Å². The number of carbonyl (C=O) groups is 2. The number of benzene rings is 1. The molecule has 2 aromatic rings. The molecule has 22 heavy (non-hydrogen) atoms. The van der Waals surface area contributed by atoms with Crippen LogP contribution in [0, 0.1) is 6.92 Å². The van der Waals surface area contributed by atoms with Crippen LogP contribution in [0.1, 0.15) is 15.9 Å². The average Bonchev–Trinajstić information content (AvgIpc) is 3.00. The van der Waals surface area contributed by atoms with Crippen molar-refractivity contribution in [1.29, 1.82) is 0 Å². The molecule has 0 saturated heterocycles. The topological polar surface area (TPSA) is 97.1 Å². The summed E-state index contributed by atoms with van der Waals surface area (Å²) in [6, 6.07) is 5.33. The third kappa shape index (κ3) is 4.32. The molecule has 1 aromatic carbocycles. The monoisotopic (exact) mass is 320 g/mol. The standard InChI is InChI=1S/C14H16N4O3S/c1-10-6-11(2-3-12(10)18-9-15-8-17-18)14(21)16-4-5-22-7-13(19)20/h2-3,6,8-9H,4-5,7H2,1H3,(H,16,21)(H,19,20). The maximum absolute atomic E-state index is 12.0. The minimum Gasteiger partial charge on any atom is -0.481 e. The SMILES string of the molecule is Cc1cc(C(=O)NCCSCC(=O)O)ccc1-n1cncn1. The largest absolute Gasteiger partial charge is 0.481 e. The van der Waals surface area contributed by atoms with Crippen molar-refractivity contribution in [3.63, 3.8) is 0 Å². The maximum atomic E-state index is 12.0. The molecule has 0 aliphatic carbocycles. The Morgan fingerprint density at radius 2 is 2.23 bits per heavy atom. The number of thioether (sulfide) groups is 1. The highest BCUT2D eigenvalue weighted by Gasteiger charge is 2.09. The summed E-state index contributed by atoms with van der Waals surface area (Å²) in [7, 11) is 0. The van der Waals surface area contributed by atoms with Gasteiger partial charge in [-0.25, -0.2) is 9.67 Å². The first-order valence-electron chi connectivity index (χ1n) is 6.61. The number of carboxylic acid groups (broad SMARTS) is 1. The van der Waals surface area contributed by atoms with E-state index in [2.05, 4.69) is 15.4 Å². The van der Waals surface area contributed by atoms with E-state index in [9.17, 15) is 9.59 Å². The number of amides is 1. The number of nitrogens with zero attached hydrogens (tertiary/aromatic N) is 3. The van der Waals surface area contributed by atoms with Crippen LogP contribution >= 0.6 is 11.8 Å². The molecule has 2 rings (SSSR count). The van der Waals surface area contributed by atoms with Crippen LogP contribution in [-0.2, 0) is 4.79 Å². The van der Waals surface area contributed by atoms with Gasteiger partial charge in [0.05, 0.1) is 11.4 Å². The first-order chi connectivity index (χ1) is 10.6. The van der Waals surface area contributed by atoms with E-state index in [-0.39, 0.29) is 11.7 Å². The fraction of sp³-hybridized carbons (Fsp3) is 0.286. The average molecular weight is 320 g/mol. The molecule has 0 radical (unpaired) electrons. The van der Waals surface area contributed by atoms with Crippen molar-refractivity contribution >= 4 is 23.6 Å². The van der Waals surface area contributed by atoms with Crippen LogP contribution in [-0.4, -0.2) is 49.8 Å². The lowest BCUT2D eigenvalue weighted by Gasteiger charge is -2.09. The molecule has 0 spiro atoms. The number of aliphatic carboxylic acids is 1. The lowest BCUT2D eigenvalue weighted by Crippen LogP contribution is -2.26. The number of hydrogen-bond acceptors (Lipinski definition) is 5. The van der Waals surface area contributed by atoms with Crippen molar-refractivity contribution in [1.82, 2.24) is 20.1 Å². The maximum Gasteiger partial charge on any atom is 0.313 e. The number of aryl methyl sites for hydroxylation is 1. The first kappa shape index (κ1) is 16.0. The van der Waals surface area contributed by atoms with Gasteiger partial charge in [-0.3, -0.25) is 9.59 Å². The number of carbonyl (C=O) groups excluding carboxylic acids is 1. The smallest absolute Gasteiger partial charge is 0.313 e. The highest BCUT2D eigenvalue weighted by molar-refractivity contribution is 7.99. The van der Waals surface area contributed by atoms with E-state index in [0.717, 1.165) is 11.3 Å². The van der Waals surface area contributed by atoms with Crippen LogP contribution < -0.4 is 5.32 Å². The zero-order valence-corrected chi connectivity index (χ0v) is 12.8.